The molecule has 0 saturated heterocycles. The van der Waals surface area contributed by atoms with E-state index in [4.69, 9.17) is 10.7 Å². The predicted molar refractivity (Wildman–Crippen MR) is 84.3 cm³/mol. The summed E-state index contributed by atoms with van der Waals surface area (Å²) in [5.41, 5.74) is 9.44. The predicted octanol–water partition coefficient (Wildman–Crippen LogP) is 4.35. The summed E-state index contributed by atoms with van der Waals surface area (Å²) in [5.74, 6) is 1.80. The Labute approximate surface area is 123 Å². The summed E-state index contributed by atoms with van der Waals surface area (Å²) in [6.45, 7) is 8.45. The Morgan fingerprint density at radius 2 is 2.05 bits per heavy atom. The molecule has 0 fully saturated rings. The molecule has 2 aromatic rings. The van der Waals surface area contributed by atoms with Gasteiger partial charge in [-0.05, 0) is 38.5 Å². The van der Waals surface area contributed by atoms with E-state index in [1.165, 1.54) is 5.56 Å². The van der Waals surface area contributed by atoms with Gasteiger partial charge in [-0.15, -0.1) is 0 Å². The highest BCUT2D eigenvalue weighted by Gasteiger charge is 2.17. The van der Waals surface area contributed by atoms with Crippen LogP contribution in [-0.2, 0) is 6.42 Å². The van der Waals surface area contributed by atoms with Gasteiger partial charge in [0.1, 0.15) is 17.3 Å². The van der Waals surface area contributed by atoms with Crippen molar-refractivity contribution in [2.75, 3.05) is 5.73 Å². The number of imidazole rings is 1. The SMILES string of the molecule is CCc1nc(-c2ccc(Br)c(C)c2)c(N)n1C(C)C. The van der Waals surface area contributed by atoms with E-state index in [0.29, 0.717) is 6.04 Å². The smallest absolute Gasteiger partial charge is 0.131 e. The molecule has 2 N–H and O–H groups in total. The van der Waals surface area contributed by atoms with Crippen LogP contribution in [0.4, 0.5) is 5.82 Å². The number of nitrogens with two attached hydrogens (primary N) is 1. The molecule has 4 heteroatoms. The van der Waals surface area contributed by atoms with Crippen molar-refractivity contribution in [1.29, 1.82) is 0 Å². The minimum Gasteiger partial charge on any atom is -0.383 e. The number of nitrogen functional groups attached to an aromatic ring is 1. The molecule has 0 spiro atoms. The summed E-state index contributed by atoms with van der Waals surface area (Å²) in [6, 6.07) is 6.55. The molecule has 3 nitrogen and oxygen atoms in total. The average Bonchev–Trinajstić information content (AvgIpc) is 2.70. The van der Waals surface area contributed by atoms with Gasteiger partial charge < -0.3 is 10.3 Å². The number of hydrogen-bond donors (Lipinski definition) is 1. The van der Waals surface area contributed by atoms with Gasteiger partial charge in [0, 0.05) is 22.5 Å². The maximum Gasteiger partial charge on any atom is 0.131 e. The molecular weight excluding hydrogens is 302 g/mol. The third-order valence-corrected chi connectivity index (χ3v) is 4.17. The minimum atomic E-state index is 0.327. The number of anilines is 1. The molecule has 19 heavy (non-hydrogen) atoms. The molecule has 0 aliphatic heterocycles. The van der Waals surface area contributed by atoms with E-state index >= 15 is 0 Å². The van der Waals surface area contributed by atoms with Gasteiger partial charge in [0.05, 0.1) is 0 Å². The second-order valence-electron chi connectivity index (χ2n) is 5.04. The van der Waals surface area contributed by atoms with E-state index in [-0.39, 0.29) is 0 Å². The zero-order chi connectivity index (χ0) is 14.2. The molecule has 2 rings (SSSR count). The van der Waals surface area contributed by atoms with Gasteiger partial charge in [0.25, 0.3) is 0 Å². The first-order valence-electron chi connectivity index (χ1n) is 6.58. The van der Waals surface area contributed by atoms with Crippen LogP contribution in [0.3, 0.4) is 0 Å². The van der Waals surface area contributed by atoms with Crippen LogP contribution in [0.25, 0.3) is 11.3 Å². The summed E-state index contributed by atoms with van der Waals surface area (Å²) in [7, 11) is 0. The largest absolute Gasteiger partial charge is 0.383 e. The molecule has 1 aromatic carbocycles. The third kappa shape index (κ3) is 2.54. The monoisotopic (exact) mass is 321 g/mol. The maximum absolute atomic E-state index is 6.29. The standard InChI is InChI=1S/C15H20BrN3/c1-5-13-18-14(15(17)19(13)9(2)3)11-6-7-12(16)10(4)8-11/h6-9H,5,17H2,1-4H3. The van der Waals surface area contributed by atoms with E-state index in [0.717, 1.165) is 33.8 Å². The average molecular weight is 322 g/mol. The van der Waals surface area contributed by atoms with Gasteiger partial charge in [-0.25, -0.2) is 4.98 Å². The topological polar surface area (TPSA) is 43.8 Å². The first-order valence-corrected chi connectivity index (χ1v) is 7.38. The van der Waals surface area contributed by atoms with Crippen LogP contribution in [-0.4, -0.2) is 9.55 Å². The van der Waals surface area contributed by atoms with Crippen LogP contribution in [0.5, 0.6) is 0 Å². The summed E-state index contributed by atoms with van der Waals surface area (Å²) in [4.78, 5) is 4.71. The van der Waals surface area contributed by atoms with Gasteiger partial charge in [-0.3, -0.25) is 0 Å². The van der Waals surface area contributed by atoms with Crippen molar-refractivity contribution in [1.82, 2.24) is 9.55 Å². The number of halogens is 1. The molecule has 0 aliphatic carbocycles. The Bertz CT molecular complexity index is 600. The van der Waals surface area contributed by atoms with Gasteiger partial charge in [0.2, 0.25) is 0 Å². The molecule has 102 valence electrons. The molecule has 1 heterocycles. The lowest BCUT2D eigenvalue weighted by molar-refractivity contribution is 0.579. The molecule has 0 amide bonds. The molecule has 1 aromatic heterocycles. The van der Waals surface area contributed by atoms with Crippen LogP contribution in [0.2, 0.25) is 0 Å². The number of aryl methyl sites for hydroxylation is 2. The molecule has 0 atom stereocenters. The summed E-state index contributed by atoms with van der Waals surface area (Å²) >= 11 is 3.52. The van der Waals surface area contributed by atoms with Crippen LogP contribution < -0.4 is 5.73 Å². The normalized spacial score (nSPS) is 11.3. The van der Waals surface area contributed by atoms with Crippen LogP contribution in [0, 0.1) is 6.92 Å². The lowest BCUT2D eigenvalue weighted by Crippen LogP contribution is -2.08. The third-order valence-electron chi connectivity index (χ3n) is 3.29. The lowest BCUT2D eigenvalue weighted by Gasteiger charge is -2.12. The Hall–Kier alpha value is -1.29. The Kier molecular flexibility index (Phi) is 3.99. The first-order chi connectivity index (χ1) is 8.95. The van der Waals surface area contributed by atoms with E-state index in [1.807, 2.05) is 6.07 Å². The fourth-order valence-corrected chi connectivity index (χ4v) is 2.57. The zero-order valence-electron chi connectivity index (χ0n) is 11.9. The fourth-order valence-electron chi connectivity index (χ4n) is 2.32. The number of nitrogens with zero attached hydrogens (tertiary/aromatic N) is 2. The van der Waals surface area contributed by atoms with Gasteiger partial charge in [0.15, 0.2) is 0 Å². The molecule has 0 unspecified atom stereocenters. The quantitative estimate of drug-likeness (QED) is 0.913. The Morgan fingerprint density at radius 1 is 1.37 bits per heavy atom. The van der Waals surface area contributed by atoms with Gasteiger partial charge >= 0.3 is 0 Å². The first kappa shape index (κ1) is 14.1. The number of aromatic nitrogens is 2. The Morgan fingerprint density at radius 3 is 2.53 bits per heavy atom. The van der Waals surface area contributed by atoms with Crippen LogP contribution in [0.1, 0.15) is 38.2 Å². The molecule has 0 aliphatic rings. The summed E-state index contributed by atoms with van der Waals surface area (Å²) < 4.78 is 3.22. The second-order valence-corrected chi connectivity index (χ2v) is 5.90. The van der Waals surface area contributed by atoms with Crippen molar-refractivity contribution in [3.8, 4) is 11.3 Å². The Balaban J connectivity index is 2.59. The molecular formula is C15H20BrN3. The summed E-state index contributed by atoms with van der Waals surface area (Å²) in [5, 5.41) is 0. The van der Waals surface area contributed by atoms with Crippen molar-refractivity contribution in [3.63, 3.8) is 0 Å². The fraction of sp³-hybridized carbons (Fsp3) is 0.400. The lowest BCUT2D eigenvalue weighted by atomic mass is 10.1. The molecule has 0 radical (unpaired) electrons. The van der Waals surface area contributed by atoms with Crippen LogP contribution in [0.15, 0.2) is 22.7 Å². The van der Waals surface area contributed by atoms with Crippen molar-refractivity contribution >= 4 is 21.7 Å². The van der Waals surface area contributed by atoms with Crippen LogP contribution >= 0.6 is 15.9 Å². The van der Waals surface area contributed by atoms with E-state index < -0.39 is 0 Å². The van der Waals surface area contributed by atoms with Crippen molar-refractivity contribution in [2.45, 2.75) is 40.2 Å². The van der Waals surface area contributed by atoms with Crippen molar-refractivity contribution < 1.29 is 0 Å². The van der Waals surface area contributed by atoms with E-state index in [2.05, 4.69) is 60.3 Å². The molecule has 0 bridgehead atoms. The van der Waals surface area contributed by atoms with Crippen molar-refractivity contribution in [3.05, 3.63) is 34.1 Å². The maximum atomic E-state index is 6.29. The highest BCUT2D eigenvalue weighted by Crippen LogP contribution is 2.31. The van der Waals surface area contributed by atoms with E-state index in [9.17, 15) is 0 Å². The molecule has 0 saturated carbocycles. The van der Waals surface area contributed by atoms with Gasteiger partial charge in [-0.1, -0.05) is 28.9 Å². The number of hydrogen-bond acceptors (Lipinski definition) is 2. The minimum absolute atomic E-state index is 0.327. The number of benzene rings is 1. The van der Waals surface area contributed by atoms with Gasteiger partial charge in [-0.2, -0.15) is 0 Å². The zero-order valence-corrected chi connectivity index (χ0v) is 13.5. The number of rotatable bonds is 3. The highest BCUT2D eigenvalue weighted by molar-refractivity contribution is 9.10. The highest BCUT2D eigenvalue weighted by atomic mass is 79.9. The second kappa shape index (κ2) is 5.37. The van der Waals surface area contributed by atoms with Crippen molar-refractivity contribution in [2.24, 2.45) is 0 Å². The summed E-state index contributed by atoms with van der Waals surface area (Å²) in [6.07, 6.45) is 0.887. The van der Waals surface area contributed by atoms with E-state index in [1.54, 1.807) is 0 Å².